The molecule has 0 aromatic carbocycles. The van der Waals surface area contributed by atoms with Gasteiger partial charge in [0, 0.05) is 18.3 Å². The van der Waals surface area contributed by atoms with E-state index in [1.54, 1.807) is 11.8 Å². The smallest absolute Gasteiger partial charge is 0.190 e. The Morgan fingerprint density at radius 2 is 2.12 bits per heavy atom. The van der Waals surface area contributed by atoms with Crippen molar-refractivity contribution in [2.45, 2.75) is 43.8 Å². The van der Waals surface area contributed by atoms with E-state index >= 15 is 0 Å². The summed E-state index contributed by atoms with van der Waals surface area (Å²) in [6.45, 7) is 3.87. The molecule has 0 saturated heterocycles. The molecule has 1 rings (SSSR count). The summed E-state index contributed by atoms with van der Waals surface area (Å²) in [5.74, 6) is 1.94. The average molecular weight is 258 g/mol. The molecule has 0 spiro atoms. The standard InChI is InChI=1S/C11H22N4OS/c1-9-13-14-10(15(9)3)17-7-5-4-6-11(2,12)8-16/h16H,4-8,12H2,1-3H3. The SMILES string of the molecule is Cc1nnc(SCCCCC(C)(N)CO)n1C. The molecular formula is C11H22N4OS. The summed E-state index contributed by atoms with van der Waals surface area (Å²) in [6.07, 6.45) is 2.95. The molecule has 1 aromatic heterocycles. The number of aliphatic hydroxyl groups excluding tert-OH is 1. The zero-order chi connectivity index (χ0) is 12.9. The maximum Gasteiger partial charge on any atom is 0.190 e. The van der Waals surface area contributed by atoms with E-state index in [4.69, 9.17) is 10.8 Å². The monoisotopic (exact) mass is 258 g/mol. The number of thioether (sulfide) groups is 1. The van der Waals surface area contributed by atoms with Gasteiger partial charge in [-0.2, -0.15) is 0 Å². The minimum atomic E-state index is -0.438. The third-order valence-corrected chi connectivity index (χ3v) is 3.89. The maximum absolute atomic E-state index is 9.02. The topological polar surface area (TPSA) is 77.0 Å². The maximum atomic E-state index is 9.02. The predicted molar refractivity (Wildman–Crippen MR) is 70.0 cm³/mol. The van der Waals surface area contributed by atoms with Crippen LogP contribution in [0.15, 0.2) is 5.16 Å². The van der Waals surface area contributed by atoms with E-state index in [2.05, 4.69) is 10.2 Å². The molecule has 1 heterocycles. The molecular weight excluding hydrogens is 236 g/mol. The molecule has 0 bridgehead atoms. The van der Waals surface area contributed by atoms with Gasteiger partial charge in [0.25, 0.3) is 0 Å². The van der Waals surface area contributed by atoms with Crippen LogP contribution in [0.5, 0.6) is 0 Å². The molecule has 0 amide bonds. The fourth-order valence-electron chi connectivity index (χ4n) is 1.39. The Hall–Kier alpha value is -0.590. The van der Waals surface area contributed by atoms with Crippen molar-refractivity contribution in [2.75, 3.05) is 12.4 Å². The number of nitrogens with two attached hydrogens (primary N) is 1. The van der Waals surface area contributed by atoms with Crippen molar-refractivity contribution in [2.24, 2.45) is 12.8 Å². The number of aromatic nitrogens is 3. The second kappa shape index (κ2) is 6.37. The van der Waals surface area contributed by atoms with Crippen molar-refractivity contribution >= 4 is 11.8 Å². The van der Waals surface area contributed by atoms with Crippen molar-refractivity contribution in [3.8, 4) is 0 Å². The van der Waals surface area contributed by atoms with E-state index in [1.165, 1.54) is 0 Å². The van der Waals surface area contributed by atoms with Crippen molar-refractivity contribution in [1.82, 2.24) is 14.8 Å². The van der Waals surface area contributed by atoms with Gasteiger partial charge in [0.05, 0.1) is 6.61 Å². The number of unbranched alkanes of at least 4 members (excludes halogenated alkanes) is 1. The van der Waals surface area contributed by atoms with E-state index in [0.29, 0.717) is 0 Å². The van der Waals surface area contributed by atoms with E-state index in [1.807, 2.05) is 25.5 Å². The Bertz CT molecular complexity index is 351. The first-order valence-corrected chi connectivity index (χ1v) is 6.83. The molecule has 5 nitrogen and oxygen atoms in total. The van der Waals surface area contributed by atoms with E-state index in [0.717, 1.165) is 36.0 Å². The van der Waals surface area contributed by atoms with Gasteiger partial charge in [-0.3, -0.25) is 0 Å². The van der Waals surface area contributed by atoms with Crippen LogP contribution in [-0.2, 0) is 7.05 Å². The summed E-state index contributed by atoms with van der Waals surface area (Å²) in [6, 6.07) is 0. The average Bonchev–Trinajstić information content (AvgIpc) is 2.60. The summed E-state index contributed by atoms with van der Waals surface area (Å²) in [7, 11) is 1.97. The lowest BCUT2D eigenvalue weighted by Gasteiger charge is -2.21. The molecule has 6 heteroatoms. The lowest BCUT2D eigenvalue weighted by Crippen LogP contribution is -2.39. The number of aliphatic hydroxyl groups is 1. The van der Waals surface area contributed by atoms with Crippen LogP contribution < -0.4 is 5.73 Å². The Labute approximate surface area is 107 Å². The zero-order valence-corrected chi connectivity index (χ0v) is 11.6. The summed E-state index contributed by atoms with van der Waals surface area (Å²) in [5.41, 5.74) is 5.42. The second-order valence-corrected chi connectivity index (χ2v) is 5.77. The fourth-order valence-corrected chi connectivity index (χ4v) is 2.34. The minimum Gasteiger partial charge on any atom is -0.394 e. The first kappa shape index (κ1) is 14.5. The molecule has 3 N–H and O–H groups in total. The van der Waals surface area contributed by atoms with E-state index in [9.17, 15) is 0 Å². The van der Waals surface area contributed by atoms with Crippen LogP contribution in [0.4, 0.5) is 0 Å². The highest BCUT2D eigenvalue weighted by Gasteiger charge is 2.15. The van der Waals surface area contributed by atoms with Gasteiger partial charge in [-0.05, 0) is 26.7 Å². The van der Waals surface area contributed by atoms with Crippen LogP contribution in [0.2, 0.25) is 0 Å². The second-order valence-electron chi connectivity index (χ2n) is 4.71. The summed E-state index contributed by atoms with van der Waals surface area (Å²) in [4.78, 5) is 0. The van der Waals surface area contributed by atoms with E-state index in [-0.39, 0.29) is 6.61 Å². The molecule has 0 aliphatic rings. The molecule has 98 valence electrons. The Kier molecular flexibility index (Phi) is 5.42. The molecule has 1 aromatic rings. The molecule has 0 aliphatic carbocycles. The van der Waals surface area contributed by atoms with Gasteiger partial charge in [-0.15, -0.1) is 10.2 Å². The predicted octanol–water partition coefficient (Wildman–Crippen LogP) is 1.10. The van der Waals surface area contributed by atoms with Gasteiger partial charge in [-0.1, -0.05) is 18.2 Å². The molecule has 0 saturated carbocycles. The first-order valence-electron chi connectivity index (χ1n) is 5.85. The normalized spacial score (nSPS) is 14.9. The number of rotatable bonds is 7. The Balaban J connectivity index is 2.19. The van der Waals surface area contributed by atoms with Gasteiger partial charge < -0.3 is 15.4 Å². The number of nitrogens with zero attached hydrogens (tertiary/aromatic N) is 3. The number of hydrogen-bond acceptors (Lipinski definition) is 5. The van der Waals surface area contributed by atoms with Crippen molar-refractivity contribution in [3.63, 3.8) is 0 Å². The molecule has 17 heavy (non-hydrogen) atoms. The lowest BCUT2D eigenvalue weighted by atomic mass is 9.98. The van der Waals surface area contributed by atoms with Crippen LogP contribution in [0, 0.1) is 6.92 Å². The number of hydrogen-bond donors (Lipinski definition) is 2. The third-order valence-electron chi connectivity index (χ3n) is 2.79. The van der Waals surface area contributed by atoms with Crippen molar-refractivity contribution in [3.05, 3.63) is 5.82 Å². The van der Waals surface area contributed by atoms with Gasteiger partial charge in [0.15, 0.2) is 5.16 Å². The zero-order valence-electron chi connectivity index (χ0n) is 10.8. The molecule has 1 atom stereocenters. The summed E-state index contributed by atoms with van der Waals surface area (Å²) < 4.78 is 1.99. The largest absolute Gasteiger partial charge is 0.394 e. The van der Waals surface area contributed by atoms with Crippen LogP contribution in [0.3, 0.4) is 0 Å². The quantitative estimate of drug-likeness (QED) is 0.565. The molecule has 1 unspecified atom stereocenters. The third kappa shape index (κ3) is 4.65. The van der Waals surface area contributed by atoms with Crippen LogP contribution in [0.1, 0.15) is 32.0 Å². The van der Waals surface area contributed by atoms with Gasteiger partial charge in [-0.25, -0.2) is 0 Å². The first-order chi connectivity index (χ1) is 7.96. The van der Waals surface area contributed by atoms with Crippen LogP contribution in [-0.4, -0.2) is 37.8 Å². The molecule has 0 aliphatic heterocycles. The molecule has 0 radical (unpaired) electrons. The van der Waals surface area contributed by atoms with Crippen LogP contribution >= 0.6 is 11.8 Å². The summed E-state index contributed by atoms with van der Waals surface area (Å²) in [5, 5.41) is 18.1. The number of aryl methyl sites for hydroxylation is 1. The van der Waals surface area contributed by atoms with Crippen molar-refractivity contribution < 1.29 is 5.11 Å². The van der Waals surface area contributed by atoms with Crippen LogP contribution in [0.25, 0.3) is 0 Å². The van der Waals surface area contributed by atoms with Gasteiger partial charge >= 0.3 is 0 Å². The highest BCUT2D eigenvalue weighted by atomic mass is 32.2. The summed E-state index contributed by atoms with van der Waals surface area (Å²) >= 11 is 1.71. The molecule has 0 fully saturated rings. The fraction of sp³-hybridized carbons (Fsp3) is 0.818. The highest BCUT2D eigenvalue weighted by molar-refractivity contribution is 7.99. The Morgan fingerprint density at radius 1 is 1.41 bits per heavy atom. The van der Waals surface area contributed by atoms with Gasteiger partial charge in [0.1, 0.15) is 5.82 Å². The Morgan fingerprint density at radius 3 is 2.65 bits per heavy atom. The van der Waals surface area contributed by atoms with E-state index < -0.39 is 5.54 Å². The highest BCUT2D eigenvalue weighted by Crippen LogP contribution is 2.18. The van der Waals surface area contributed by atoms with Gasteiger partial charge in [0.2, 0.25) is 0 Å². The van der Waals surface area contributed by atoms with Crippen molar-refractivity contribution in [1.29, 1.82) is 0 Å². The minimum absolute atomic E-state index is 0.0443. The lowest BCUT2D eigenvalue weighted by molar-refractivity contribution is 0.198.